The molecule has 47 heavy (non-hydrogen) atoms. The van der Waals surface area contributed by atoms with E-state index >= 15 is 0 Å². The third kappa shape index (κ3) is 6.59. The van der Waals surface area contributed by atoms with Crippen molar-refractivity contribution >= 4 is 23.7 Å². The minimum atomic E-state index is -1.46. The Kier molecular flexibility index (Phi) is 10.4. The first-order chi connectivity index (χ1) is 22.9. The van der Waals surface area contributed by atoms with Crippen LogP contribution in [0.1, 0.15) is 24.5 Å². The zero-order chi connectivity index (χ0) is 33.0. The summed E-state index contributed by atoms with van der Waals surface area (Å²) in [6, 6.07) is 7.31. The highest BCUT2D eigenvalue weighted by Crippen LogP contribution is 2.53. The first-order valence-corrected chi connectivity index (χ1v) is 16.4. The molecule has 0 aromatic heterocycles. The largest absolute Gasteiger partial charge is 0.455 e. The molecule has 0 unspecified atom stereocenters. The van der Waals surface area contributed by atoms with Gasteiger partial charge in [0.05, 0.1) is 44.5 Å². The molecule has 0 saturated carbocycles. The van der Waals surface area contributed by atoms with Gasteiger partial charge in [0, 0.05) is 52.8 Å². The van der Waals surface area contributed by atoms with Gasteiger partial charge in [-0.05, 0) is 12.0 Å². The molecule has 3 saturated heterocycles. The van der Waals surface area contributed by atoms with Crippen molar-refractivity contribution < 1.29 is 43.2 Å². The molecule has 0 bridgehead atoms. The lowest BCUT2D eigenvalue weighted by molar-refractivity contribution is -0.162. The number of allylic oxidation sites excluding steroid dienone is 1. The molecule has 3 amide bonds. The minimum Gasteiger partial charge on any atom is -0.455 e. The quantitative estimate of drug-likeness (QED) is 0.292. The second-order valence-electron chi connectivity index (χ2n) is 12.6. The fourth-order valence-electron chi connectivity index (χ4n) is 7.57. The molecule has 0 radical (unpaired) electrons. The summed E-state index contributed by atoms with van der Waals surface area (Å²) in [6.07, 6.45) is 5.82. The molecule has 13 nitrogen and oxygen atoms in total. The number of benzene rings is 1. The molecule has 254 valence electrons. The van der Waals surface area contributed by atoms with Crippen LogP contribution >= 0.6 is 0 Å². The summed E-state index contributed by atoms with van der Waals surface area (Å²) in [5, 5.41) is 13.0. The Morgan fingerprint density at radius 1 is 1.02 bits per heavy atom. The number of rotatable bonds is 8. The summed E-state index contributed by atoms with van der Waals surface area (Å²) in [4.78, 5) is 61.4. The van der Waals surface area contributed by atoms with Crippen molar-refractivity contribution in [2.75, 3.05) is 72.8 Å². The van der Waals surface area contributed by atoms with Crippen LogP contribution in [0.5, 0.6) is 0 Å². The zero-order valence-electron chi connectivity index (χ0n) is 26.7. The molecule has 2 N–H and O–H groups in total. The molecule has 1 aromatic carbocycles. The van der Waals surface area contributed by atoms with Gasteiger partial charge in [0.1, 0.15) is 23.7 Å². The highest BCUT2D eigenvalue weighted by molar-refractivity contribution is 5.99. The first kappa shape index (κ1) is 33.3. The number of nitrogens with zero attached hydrogens (tertiary/aromatic N) is 3. The number of aliphatic hydroxyl groups excluding tert-OH is 1. The number of fused-ring (bicyclic) bond motifs is 2. The van der Waals surface area contributed by atoms with E-state index < -0.39 is 53.6 Å². The van der Waals surface area contributed by atoms with Gasteiger partial charge in [0.15, 0.2) is 0 Å². The van der Waals surface area contributed by atoms with Crippen molar-refractivity contribution in [1.29, 1.82) is 0 Å². The van der Waals surface area contributed by atoms with Crippen LogP contribution in [-0.4, -0.2) is 140 Å². The first-order valence-electron chi connectivity index (χ1n) is 16.4. The lowest BCUT2D eigenvalue weighted by Gasteiger charge is -2.36. The number of carbonyl (C=O) groups is 4. The lowest BCUT2D eigenvalue weighted by atomic mass is 9.77. The predicted octanol–water partition coefficient (Wildman–Crippen LogP) is 0.0558. The van der Waals surface area contributed by atoms with Crippen LogP contribution in [-0.2, 0) is 38.1 Å². The average Bonchev–Trinajstić information content (AvgIpc) is 3.46. The number of esters is 1. The summed E-state index contributed by atoms with van der Waals surface area (Å²) >= 11 is 0. The van der Waals surface area contributed by atoms with Gasteiger partial charge in [0.2, 0.25) is 17.7 Å². The number of hydrogen-bond donors (Lipinski definition) is 2. The molecule has 0 aliphatic carbocycles. The monoisotopic (exact) mass is 652 g/mol. The van der Waals surface area contributed by atoms with Crippen LogP contribution in [0, 0.1) is 11.8 Å². The second-order valence-corrected chi connectivity index (χ2v) is 12.6. The van der Waals surface area contributed by atoms with Crippen LogP contribution in [0.3, 0.4) is 0 Å². The Morgan fingerprint density at radius 2 is 1.81 bits per heavy atom. The van der Waals surface area contributed by atoms with E-state index in [1.807, 2.05) is 24.3 Å². The Balaban J connectivity index is 1.36. The number of ether oxygens (including phenoxy) is 4. The van der Waals surface area contributed by atoms with Gasteiger partial charge in [-0.15, -0.1) is 0 Å². The van der Waals surface area contributed by atoms with Crippen LogP contribution in [0.25, 0.3) is 0 Å². The van der Waals surface area contributed by atoms with Gasteiger partial charge in [-0.2, -0.15) is 0 Å². The molecule has 3 fully saturated rings. The second kappa shape index (κ2) is 14.7. The summed E-state index contributed by atoms with van der Waals surface area (Å²) < 4.78 is 23.9. The number of morpholine rings is 1. The van der Waals surface area contributed by atoms with E-state index in [0.29, 0.717) is 44.8 Å². The maximum atomic E-state index is 14.4. The van der Waals surface area contributed by atoms with E-state index in [-0.39, 0.29) is 38.0 Å². The molecule has 13 heteroatoms. The number of hydrogen-bond acceptors (Lipinski definition) is 10. The van der Waals surface area contributed by atoms with Gasteiger partial charge >= 0.3 is 5.97 Å². The number of β-amino-alcohol motifs (C(OH)–C–C–N with tert-alkyl or cyclic N) is 1. The molecule has 5 heterocycles. The number of methoxy groups -OCH3 is 1. The third-order valence-electron chi connectivity index (χ3n) is 9.77. The van der Waals surface area contributed by atoms with Gasteiger partial charge in [-0.1, -0.05) is 54.6 Å². The topological polar surface area (TPSA) is 147 Å². The number of cyclic esters (lactones) is 1. The van der Waals surface area contributed by atoms with E-state index in [1.165, 1.54) is 12.0 Å². The van der Waals surface area contributed by atoms with Gasteiger partial charge in [0.25, 0.3) is 0 Å². The highest BCUT2D eigenvalue weighted by Gasteiger charge is 2.71. The standard InChI is InChI=1S/C34H44N4O9/c1-44-22-24-29(23-8-3-2-4-9-23)46-33(43)27-25(10-5-6-11-26(40)35-24)47-34-12-7-13-37(15-14-36-17-20-45-21-18-36)32(42)30(34)38(16-19-39)31(41)28(27)34/h2-5,7-10,12,24-25,27-30,39H,6,11,13-22H2,1H3,(H,35,40)/b10-5-/t24-,25-,27+,28+,29-,30-,34+/m1/s1. The molecule has 7 atom stereocenters. The normalized spacial score (nSPS) is 34.0. The van der Waals surface area contributed by atoms with E-state index in [0.717, 1.165) is 13.1 Å². The van der Waals surface area contributed by atoms with Crippen molar-refractivity contribution in [1.82, 2.24) is 20.0 Å². The summed E-state index contributed by atoms with van der Waals surface area (Å²) in [6.45, 7) is 3.88. The predicted molar refractivity (Wildman–Crippen MR) is 168 cm³/mol. The smallest absolute Gasteiger partial charge is 0.313 e. The number of amides is 3. The van der Waals surface area contributed by atoms with Crippen molar-refractivity contribution in [3.05, 3.63) is 60.2 Å². The van der Waals surface area contributed by atoms with Gasteiger partial charge in [-0.25, -0.2) is 0 Å². The van der Waals surface area contributed by atoms with Crippen molar-refractivity contribution in [3.63, 3.8) is 0 Å². The van der Waals surface area contributed by atoms with Crippen LogP contribution in [0.15, 0.2) is 54.6 Å². The van der Waals surface area contributed by atoms with Crippen LogP contribution in [0.4, 0.5) is 0 Å². The van der Waals surface area contributed by atoms with E-state index in [1.54, 1.807) is 35.3 Å². The van der Waals surface area contributed by atoms with Crippen molar-refractivity contribution in [2.45, 2.75) is 42.7 Å². The third-order valence-corrected chi connectivity index (χ3v) is 9.77. The van der Waals surface area contributed by atoms with Gasteiger partial charge in [-0.3, -0.25) is 24.1 Å². The fraction of sp³-hybridized carbons (Fsp3) is 0.588. The Morgan fingerprint density at radius 3 is 2.55 bits per heavy atom. The maximum Gasteiger partial charge on any atom is 0.313 e. The van der Waals surface area contributed by atoms with Crippen LogP contribution in [0.2, 0.25) is 0 Å². The molecule has 1 spiro atoms. The van der Waals surface area contributed by atoms with Crippen molar-refractivity contribution in [3.8, 4) is 0 Å². The minimum absolute atomic E-state index is 0.0786. The Bertz CT molecular complexity index is 1370. The lowest BCUT2D eigenvalue weighted by Crippen LogP contribution is -2.56. The van der Waals surface area contributed by atoms with Crippen molar-refractivity contribution in [2.24, 2.45) is 11.8 Å². The fourth-order valence-corrected chi connectivity index (χ4v) is 7.57. The number of aliphatic hydroxyl groups is 1. The molecule has 1 aromatic rings. The number of nitrogens with one attached hydrogen (secondary N) is 1. The maximum absolute atomic E-state index is 14.4. The average molecular weight is 653 g/mol. The molecule has 5 aliphatic rings. The highest BCUT2D eigenvalue weighted by atomic mass is 16.6. The van der Waals surface area contributed by atoms with Crippen LogP contribution < -0.4 is 5.32 Å². The summed E-state index contributed by atoms with van der Waals surface area (Å²) in [5.74, 6) is -3.81. The van der Waals surface area contributed by atoms with E-state index in [2.05, 4.69) is 10.2 Å². The zero-order valence-corrected chi connectivity index (χ0v) is 26.7. The molecular weight excluding hydrogens is 608 g/mol. The summed E-state index contributed by atoms with van der Waals surface area (Å²) in [7, 11) is 1.51. The number of carbonyl (C=O) groups excluding carboxylic acids is 4. The summed E-state index contributed by atoms with van der Waals surface area (Å²) in [5.41, 5.74) is -0.808. The van der Waals surface area contributed by atoms with E-state index in [9.17, 15) is 24.3 Å². The molecular formula is C34H44N4O9. The van der Waals surface area contributed by atoms with E-state index in [4.69, 9.17) is 18.9 Å². The SMILES string of the molecule is COC[C@H]1NC(=O)CC/C=C\[C@H]2O[C@]34C=CCN(CCN5CCOCC5)C(=O)[C@H]3N(CCO)C(=O)[C@@H]4[C@H]2C(=O)O[C@@H]1c1ccccc1. The molecule has 6 rings (SSSR count). The Labute approximate surface area is 274 Å². The van der Waals surface area contributed by atoms with Gasteiger partial charge < -0.3 is 39.2 Å². The molecule has 5 aliphatic heterocycles. The number of likely N-dealkylation sites (tertiary alicyclic amines) is 1. The Hall–Kier alpha value is -3.62.